The van der Waals surface area contributed by atoms with E-state index in [4.69, 9.17) is 18.0 Å². The lowest BCUT2D eigenvalue weighted by Crippen LogP contribution is -2.61. The summed E-state index contributed by atoms with van der Waals surface area (Å²) in [6.07, 6.45) is 7.91. The monoisotopic (exact) mass is 295 g/mol. The van der Waals surface area contributed by atoms with E-state index in [-0.39, 0.29) is 11.0 Å². The predicted octanol–water partition coefficient (Wildman–Crippen LogP) is 2.16. The van der Waals surface area contributed by atoms with E-state index in [1.54, 1.807) is 0 Å². The van der Waals surface area contributed by atoms with Crippen LogP contribution in [0.4, 0.5) is 0 Å². The molecule has 0 heterocycles. The molecule has 0 aromatic carbocycles. The lowest BCUT2D eigenvalue weighted by atomic mass is 9.51. The summed E-state index contributed by atoms with van der Waals surface area (Å²) in [5.41, 5.74) is 8.85. The molecule has 0 aromatic heterocycles. The molecule has 3 aliphatic carbocycles. The van der Waals surface area contributed by atoms with Gasteiger partial charge < -0.3 is 10.8 Å². The fourth-order valence-corrected chi connectivity index (χ4v) is 5.10. The van der Waals surface area contributed by atoms with Gasteiger partial charge in [-0.05, 0) is 49.7 Å². The second kappa shape index (κ2) is 5.26. The Morgan fingerprint density at radius 2 is 2.15 bits per heavy atom. The first-order valence-corrected chi connectivity index (χ1v) is 8.30. The maximum absolute atomic E-state index is 11.3. The van der Waals surface area contributed by atoms with Crippen LogP contribution in [0.3, 0.4) is 0 Å². The van der Waals surface area contributed by atoms with Gasteiger partial charge in [0.15, 0.2) is 5.11 Å². The van der Waals surface area contributed by atoms with Crippen LogP contribution in [0.15, 0.2) is 5.10 Å². The van der Waals surface area contributed by atoms with Gasteiger partial charge in [-0.1, -0.05) is 26.2 Å². The molecule has 0 radical (unpaired) electrons. The minimum absolute atomic E-state index is 0.199. The van der Waals surface area contributed by atoms with Crippen molar-refractivity contribution in [1.82, 2.24) is 5.43 Å². The molecule has 0 saturated heterocycles. The number of nitrogens with one attached hydrogen (secondary N) is 1. The van der Waals surface area contributed by atoms with Crippen LogP contribution in [0, 0.1) is 23.7 Å². The Hall–Kier alpha value is -0.680. The quantitative estimate of drug-likeness (QED) is 0.512. The van der Waals surface area contributed by atoms with Crippen LogP contribution in [-0.4, -0.2) is 21.5 Å². The minimum atomic E-state index is -0.550. The van der Waals surface area contributed by atoms with Crippen molar-refractivity contribution in [1.29, 1.82) is 0 Å². The summed E-state index contributed by atoms with van der Waals surface area (Å²) in [4.78, 5) is 0. The van der Waals surface area contributed by atoms with Gasteiger partial charge in [-0.2, -0.15) is 5.10 Å². The molecule has 3 fully saturated rings. The average molecular weight is 295 g/mol. The van der Waals surface area contributed by atoms with E-state index in [1.165, 1.54) is 25.7 Å². The minimum Gasteiger partial charge on any atom is -0.389 e. The number of rotatable bonds is 1. The summed E-state index contributed by atoms with van der Waals surface area (Å²) in [7, 11) is 0. The van der Waals surface area contributed by atoms with Gasteiger partial charge in [0.25, 0.3) is 0 Å². The van der Waals surface area contributed by atoms with Crippen LogP contribution in [-0.2, 0) is 0 Å². The molecule has 0 unspecified atom stereocenters. The molecule has 4 N–H and O–H groups in total. The topological polar surface area (TPSA) is 70.6 Å². The third-order valence-electron chi connectivity index (χ3n) is 5.90. The standard InChI is InChI=1S/C15H25N3OS/c1-9-10-5-4-7-12(13(10)17-18-14(16)20)15(19)8-3-2-6-11(9)15/h9-12,19H,2-8H2,1H3,(H3,16,18,20)/b17-13-/t9-,10-,11-,12+,15-/m1/s1. The first kappa shape index (κ1) is 14.3. The van der Waals surface area contributed by atoms with E-state index in [0.717, 1.165) is 25.0 Å². The maximum Gasteiger partial charge on any atom is 0.184 e. The summed E-state index contributed by atoms with van der Waals surface area (Å²) < 4.78 is 0. The van der Waals surface area contributed by atoms with Gasteiger partial charge in [0.05, 0.1) is 5.60 Å². The molecule has 3 saturated carbocycles. The molecule has 3 rings (SSSR count). The molecule has 112 valence electrons. The maximum atomic E-state index is 11.3. The van der Waals surface area contributed by atoms with Crippen molar-refractivity contribution in [3.63, 3.8) is 0 Å². The van der Waals surface area contributed by atoms with E-state index in [9.17, 15) is 5.11 Å². The lowest BCUT2D eigenvalue weighted by molar-refractivity contribution is -0.122. The fourth-order valence-electron chi connectivity index (χ4n) is 5.05. The largest absolute Gasteiger partial charge is 0.389 e. The highest BCUT2D eigenvalue weighted by atomic mass is 32.1. The van der Waals surface area contributed by atoms with Crippen molar-refractivity contribution in [2.24, 2.45) is 34.5 Å². The number of hydrogen-bond acceptors (Lipinski definition) is 3. The van der Waals surface area contributed by atoms with Crippen molar-refractivity contribution < 1.29 is 5.11 Å². The summed E-state index contributed by atoms with van der Waals surface area (Å²) in [6, 6.07) is 0. The van der Waals surface area contributed by atoms with Crippen LogP contribution >= 0.6 is 12.2 Å². The Morgan fingerprint density at radius 1 is 1.35 bits per heavy atom. The zero-order valence-electron chi connectivity index (χ0n) is 12.1. The number of nitrogens with two attached hydrogens (primary N) is 1. The molecular formula is C15H25N3OS. The molecule has 20 heavy (non-hydrogen) atoms. The third kappa shape index (κ3) is 2.15. The number of hydrazone groups is 1. The zero-order chi connectivity index (χ0) is 14.3. The van der Waals surface area contributed by atoms with E-state index < -0.39 is 5.60 Å². The Morgan fingerprint density at radius 3 is 2.90 bits per heavy atom. The first-order chi connectivity index (χ1) is 9.54. The summed E-state index contributed by atoms with van der Waals surface area (Å²) in [5.74, 6) is 1.63. The molecule has 5 atom stereocenters. The Balaban J connectivity index is 1.96. The normalized spacial score (nSPS) is 45.8. The molecule has 0 aliphatic heterocycles. The van der Waals surface area contributed by atoms with E-state index >= 15 is 0 Å². The summed E-state index contributed by atoms with van der Waals surface area (Å²) >= 11 is 4.86. The highest BCUT2D eigenvalue weighted by Crippen LogP contribution is 2.55. The van der Waals surface area contributed by atoms with E-state index in [1.807, 2.05) is 0 Å². The lowest BCUT2D eigenvalue weighted by Gasteiger charge is -2.57. The van der Waals surface area contributed by atoms with Crippen molar-refractivity contribution >= 4 is 23.0 Å². The molecule has 0 aromatic rings. The highest BCUT2D eigenvalue weighted by Gasteiger charge is 2.57. The average Bonchev–Trinajstić information content (AvgIpc) is 2.43. The van der Waals surface area contributed by atoms with E-state index in [0.29, 0.717) is 17.8 Å². The predicted molar refractivity (Wildman–Crippen MR) is 84.3 cm³/mol. The van der Waals surface area contributed by atoms with Crippen molar-refractivity contribution in [3.05, 3.63) is 0 Å². The molecule has 3 aliphatic rings. The number of nitrogens with zero attached hydrogens (tertiary/aromatic N) is 1. The highest BCUT2D eigenvalue weighted by molar-refractivity contribution is 7.80. The van der Waals surface area contributed by atoms with Crippen LogP contribution < -0.4 is 11.2 Å². The van der Waals surface area contributed by atoms with Gasteiger partial charge in [-0.25, -0.2) is 0 Å². The Labute approximate surface area is 126 Å². The number of fused-ring (bicyclic) bond motifs is 4. The second-order valence-electron chi connectivity index (χ2n) is 6.81. The molecule has 0 spiro atoms. The molecule has 5 heteroatoms. The van der Waals surface area contributed by atoms with Crippen molar-refractivity contribution in [2.45, 2.75) is 57.5 Å². The van der Waals surface area contributed by atoms with Crippen molar-refractivity contribution in [2.75, 3.05) is 0 Å². The Bertz CT molecular complexity index is 439. The number of hydrogen-bond donors (Lipinski definition) is 3. The van der Waals surface area contributed by atoms with Crippen molar-refractivity contribution in [3.8, 4) is 0 Å². The van der Waals surface area contributed by atoms with Gasteiger partial charge >= 0.3 is 0 Å². The smallest absolute Gasteiger partial charge is 0.184 e. The third-order valence-corrected chi connectivity index (χ3v) is 5.99. The molecule has 4 nitrogen and oxygen atoms in total. The fraction of sp³-hybridized carbons (Fsp3) is 0.867. The Kier molecular flexibility index (Phi) is 3.75. The SMILES string of the molecule is C[C@H]1[C@H]2CCCC[C@]2(O)[C@H]2CCC[C@H]1/C2=N/NC(N)=S. The van der Waals surface area contributed by atoms with Gasteiger partial charge in [0.1, 0.15) is 0 Å². The van der Waals surface area contributed by atoms with Gasteiger partial charge in [-0.15, -0.1) is 0 Å². The van der Waals surface area contributed by atoms with Crippen LogP contribution in [0.1, 0.15) is 51.9 Å². The molecular weight excluding hydrogens is 270 g/mol. The van der Waals surface area contributed by atoms with Crippen LogP contribution in [0.25, 0.3) is 0 Å². The number of aliphatic hydroxyl groups is 1. The van der Waals surface area contributed by atoms with E-state index in [2.05, 4.69) is 17.5 Å². The first-order valence-electron chi connectivity index (χ1n) is 7.89. The van der Waals surface area contributed by atoms with Gasteiger partial charge in [-0.3, -0.25) is 5.43 Å². The molecule has 0 amide bonds. The second-order valence-corrected chi connectivity index (χ2v) is 7.25. The summed E-state index contributed by atoms with van der Waals surface area (Å²) in [6.45, 7) is 2.30. The van der Waals surface area contributed by atoms with Crippen LogP contribution in [0.2, 0.25) is 0 Å². The van der Waals surface area contributed by atoms with Crippen LogP contribution in [0.5, 0.6) is 0 Å². The molecule has 2 bridgehead atoms. The number of thiocarbonyl (C=S) groups is 1. The zero-order valence-corrected chi connectivity index (χ0v) is 13.0. The summed E-state index contributed by atoms with van der Waals surface area (Å²) in [5, 5.41) is 16.0. The van der Waals surface area contributed by atoms with Gasteiger partial charge in [0, 0.05) is 17.5 Å². The van der Waals surface area contributed by atoms with Gasteiger partial charge in [0.2, 0.25) is 0 Å².